The quantitative estimate of drug-likeness (QED) is 0.361. The van der Waals surface area contributed by atoms with Crippen LogP contribution in [-0.4, -0.2) is 35.2 Å². The first-order valence-electron chi connectivity index (χ1n) is 6.57. The number of halogens is 1. The summed E-state index contributed by atoms with van der Waals surface area (Å²) in [6.07, 6.45) is 0.107. The molecule has 0 atom stereocenters. The van der Waals surface area contributed by atoms with Crippen LogP contribution in [0.3, 0.4) is 0 Å². The van der Waals surface area contributed by atoms with Crippen LogP contribution >= 0.6 is 11.6 Å². The molecule has 0 spiro atoms. The van der Waals surface area contributed by atoms with Crippen LogP contribution in [0.5, 0.6) is 0 Å². The third-order valence-electron chi connectivity index (χ3n) is 3.16. The average Bonchev–Trinajstić information content (AvgIpc) is 2.77. The maximum absolute atomic E-state index is 12.2. The molecule has 5 N–H and O–H groups in total. The zero-order valence-electron chi connectivity index (χ0n) is 11.9. The number of benzene rings is 1. The van der Waals surface area contributed by atoms with Crippen LogP contribution < -0.4 is 11.1 Å². The van der Waals surface area contributed by atoms with Crippen LogP contribution in [0.1, 0.15) is 16.9 Å². The molecule has 1 aromatic heterocycles. The first kappa shape index (κ1) is 17.3. The van der Waals surface area contributed by atoms with E-state index in [2.05, 4.69) is 5.32 Å². The fourth-order valence-electron chi connectivity index (χ4n) is 2.27. The first-order chi connectivity index (χ1) is 10.7. The lowest BCUT2D eigenvalue weighted by Gasteiger charge is -2.10. The summed E-state index contributed by atoms with van der Waals surface area (Å²) in [5.41, 5.74) is 6.00. The molecule has 23 heavy (non-hydrogen) atoms. The van der Waals surface area contributed by atoms with Crippen molar-refractivity contribution in [3.05, 3.63) is 35.0 Å². The summed E-state index contributed by atoms with van der Waals surface area (Å²) in [6, 6.07) is 6.65. The zero-order valence-corrected chi connectivity index (χ0v) is 13.5. The van der Waals surface area contributed by atoms with Gasteiger partial charge < -0.3 is 10.3 Å². The number of hydrogen-bond acceptors (Lipinski definition) is 4. The Kier molecular flexibility index (Phi) is 4.93. The molecule has 10 heteroatoms. The summed E-state index contributed by atoms with van der Waals surface area (Å²) in [5, 5.41) is 10.4. The lowest BCUT2D eigenvalue weighted by molar-refractivity contribution is 0.0967. The second-order valence-electron chi connectivity index (χ2n) is 4.86. The molecule has 0 aliphatic carbocycles. The highest BCUT2D eigenvalue weighted by atomic mass is 35.5. The van der Waals surface area contributed by atoms with E-state index in [0.717, 1.165) is 0 Å². The minimum absolute atomic E-state index is 0.107. The number of hydrogen-bond donors (Lipinski definition) is 4. The van der Waals surface area contributed by atoms with E-state index in [1.165, 1.54) is 0 Å². The summed E-state index contributed by atoms with van der Waals surface area (Å²) in [4.78, 5) is 12.2. The van der Waals surface area contributed by atoms with E-state index in [1.807, 2.05) is 0 Å². The van der Waals surface area contributed by atoms with E-state index in [1.54, 1.807) is 28.8 Å². The second kappa shape index (κ2) is 6.57. The Balaban J connectivity index is 2.43. The van der Waals surface area contributed by atoms with E-state index in [-0.39, 0.29) is 18.7 Å². The maximum atomic E-state index is 12.2. The van der Waals surface area contributed by atoms with Gasteiger partial charge in [-0.15, -0.1) is 0 Å². The molecular weight excluding hydrogens is 344 g/mol. The third-order valence-corrected chi connectivity index (χ3v) is 4.29. The van der Waals surface area contributed by atoms with Crippen LogP contribution in [0.25, 0.3) is 10.9 Å². The van der Waals surface area contributed by atoms with Crippen LogP contribution in [0.2, 0.25) is 5.02 Å². The van der Waals surface area contributed by atoms with E-state index in [0.29, 0.717) is 15.9 Å². The molecule has 8 nitrogen and oxygen atoms in total. The molecule has 1 aromatic carbocycles. The molecule has 0 unspecified atom stereocenters. The number of fused-ring (bicyclic) bond motifs is 1. The van der Waals surface area contributed by atoms with Gasteiger partial charge in [0.05, 0.1) is 11.3 Å². The number of guanidine groups is 1. The van der Waals surface area contributed by atoms with Crippen molar-refractivity contribution in [1.82, 2.24) is 9.88 Å². The number of carbonyl (C=O) groups excluding carboxylic acids is 1. The van der Waals surface area contributed by atoms with Gasteiger partial charge in [0.1, 0.15) is 5.69 Å². The van der Waals surface area contributed by atoms with Gasteiger partial charge in [-0.2, -0.15) is 8.42 Å². The van der Waals surface area contributed by atoms with Crippen molar-refractivity contribution >= 4 is 44.5 Å². The van der Waals surface area contributed by atoms with E-state index in [9.17, 15) is 13.2 Å². The molecule has 0 saturated heterocycles. The maximum Gasteiger partial charge on any atom is 0.274 e. The standard InChI is InChI=1S/C13H15ClN4O4S/c14-9-3-1-4-10-8(9)7-11(12(19)17-13(15)16)18(10)5-2-6-23(20,21)22/h1,3-4,7H,2,5-6H2,(H,20,21,22)(H4,15,16,17,19). The SMILES string of the molecule is N=C(N)NC(=O)c1cc2c(Cl)cccc2n1CCCS(=O)(=O)O. The monoisotopic (exact) mass is 358 g/mol. The van der Waals surface area contributed by atoms with Crippen molar-refractivity contribution in [3.63, 3.8) is 0 Å². The summed E-state index contributed by atoms with van der Waals surface area (Å²) < 4.78 is 32.1. The van der Waals surface area contributed by atoms with Crippen LogP contribution in [0, 0.1) is 5.41 Å². The van der Waals surface area contributed by atoms with E-state index in [4.69, 9.17) is 27.3 Å². The van der Waals surface area contributed by atoms with Crippen LogP contribution in [-0.2, 0) is 16.7 Å². The number of nitrogens with zero attached hydrogens (tertiary/aromatic N) is 1. The fourth-order valence-corrected chi connectivity index (χ4v) is 2.99. The number of aromatic nitrogens is 1. The van der Waals surface area contributed by atoms with Gasteiger partial charge in [-0.25, -0.2) is 0 Å². The van der Waals surface area contributed by atoms with E-state index >= 15 is 0 Å². The van der Waals surface area contributed by atoms with Crippen molar-refractivity contribution in [1.29, 1.82) is 5.41 Å². The van der Waals surface area contributed by atoms with Gasteiger partial charge >= 0.3 is 0 Å². The topological polar surface area (TPSA) is 138 Å². The summed E-state index contributed by atoms with van der Waals surface area (Å²) in [5.74, 6) is -1.53. The Morgan fingerprint density at radius 2 is 2.13 bits per heavy atom. The summed E-state index contributed by atoms with van der Waals surface area (Å²) >= 11 is 6.11. The summed E-state index contributed by atoms with van der Waals surface area (Å²) in [7, 11) is -4.08. The Bertz CT molecular complexity index is 875. The van der Waals surface area contributed by atoms with Gasteiger partial charge in [0.15, 0.2) is 5.96 Å². The smallest absolute Gasteiger partial charge is 0.274 e. The Labute approximate surface area is 137 Å². The average molecular weight is 359 g/mol. The van der Waals surface area contributed by atoms with Crippen LogP contribution in [0.15, 0.2) is 24.3 Å². The molecule has 2 aromatic rings. The van der Waals surface area contributed by atoms with Crippen LogP contribution in [0.4, 0.5) is 0 Å². The normalized spacial score (nSPS) is 11.6. The van der Waals surface area contributed by atoms with E-state index < -0.39 is 27.7 Å². The molecule has 0 radical (unpaired) electrons. The minimum atomic E-state index is -4.08. The molecular formula is C13H15ClN4O4S. The highest BCUT2D eigenvalue weighted by molar-refractivity contribution is 7.85. The van der Waals surface area contributed by atoms with Gasteiger partial charge in [0, 0.05) is 17.0 Å². The molecule has 0 saturated carbocycles. The van der Waals surface area contributed by atoms with Gasteiger partial charge in [0.25, 0.3) is 16.0 Å². The largest absolute Gasteiger partial charge is 0.370 e. The number of amides is 1. The van der Waals surface area contributed by atoms with Crippen molar-refractivity contribution in [3.8, 4) is 0 Å². The van der Waals surface area contributed by atoms with Crippen molar-refractivity contribution in [2.45, 2.75) is 13.0 Å². The van der Waals surface area contributed by atoms with Gasteiger partial charge in [0.2, 0.25) is 0 Å². The number of aryl methyl sites for hydroxylation is 1. The van der Waals surface area contributed by atoms with Gasteiger partial charge in [-0.1, -0.05) is 17.7 Å². The molecule has 2 rings (SSSR count). The highest BCUT2D eigenvalue weighted by Crippen LogP contribution is 2.27. The molecule has 0 aliphatic heterocycles. The molecule has 1 heterocycles. The molecule has 0 aliphatic rings. The zero-order chi connectivity index (χ0) is 17.2. The van der Waals surface area contributed by atoms with Gasteiger partial charge in [-0.3, -0.25) is 20.1 Å². The molecule has 124 valence electrons. The lowest BCUT2D eigenvalue weighted by Crippen LogP contribution is -2.36. The molecule has 0 bridgehead atoms. The third kappa shape index (κ3) is 4.21. The molecule has 1 amide bonds. The summed E-state index contributed by atoms with van der Waals surface area (Å²) in [6.45, 7) is 0.171. The fraction of sp³-hybridized carbons (Fsp3) is 0.231. The predicted molar refractivity (Wildman–Crippen MR) is 87.4 cm³/mol. The van der Waals surface area contributed by atoms with Crippen molar-refractivity contribution in [2.75, 3.05) is 5.75 Å². The highest BCUT2D eigenvalue weighted by Gasteiger charge is 2.18. The van der Waals surface area contributed by atoms with Crippen molar-refractivity contribution < 1.29 is 17.8 Å². The number of carbonyl (C=O) groups is 1. The Morgan fingerprint density at radius 3 is 2.74 bits per heavy atom. The van der Waals surface area contributed by atoms with Gasteiger partial charge in [-0.05, 0) is 24.6 Å². The Morgan fingerprint density at radius 1 is 1.43 bits per heavy atom. The minimum Gasteiger partial charge on any atom is -0.370 e. The lowest BCUT2D eigenvalue weighted by atomic mass is 10.2. The second-order valence-corrected chi connectivity index (χ2v) is 6.84. The van der Waals surface area contributed by atoms with Crippen molar-refractivity contribution in [2.24, 2.45) is 5.73 Å². The number of nitrogens with two attached hydrogens (primary N) is 1. The number of rotatable bonds is 5. The molecule has 0 fully saturated rings. The Hall–Kier alpha value is -2.10. The predicted octanol–water partition coefficient (Wildman–Crippen LogP) is 1.20. The first-order valence-corrected chi connectivity index (χ1v) is 8.56. The number of nitrogens with one attached hydrogen (secondary N) is 2.